The van der Waals surface area contributed by atoms with E-state index >= 15 is 0 Å². The minimum Gasteiger partial charge on any atom is -0.490 e. The highest BCUT2D eigenvalue weighted by molar-refractivity contribution is 6.42. The predicted molar refractivity (Wildman–Crippen MR) is 118 cm³/mol. The maximum atomic E-state index is 11.8. The summed E-state index contributed by atoms with van der Waals surface area (Å²) >= 11 is 12.0. The van der Waals surface area contributed by atoms with Crippen molar-refractivity contribution in [2.24, 2.45) is 0 Å². The number of para-hydroxylation sites is 1. The first kappa shape index (κ1) is 21.9. The lowest BCUT2D eigenvalue weighted by atomic mass is 10.1. The molecule has 1 atom stereocenters. The summed E-state index contributed by atoms with van der Waals surface area (Å²) in [6.45, 7) is 7.74. The summed E-state index contributed by atoms with van der Waals surface area (Å²) in [6.07, 6.45) is -0.672. The Morgan fingerprint density at radius 1 is 1.14 bits per heavy atom. The van der Waals surface area contributed by atoms with Gasteiger partial charge in [-0.05, 0) is 31.5 Å². The third kappa shape index (κ3) is 5.64. The van der Waals surface area contributed by atoms with E-state index in [-0.39, 0.29) is 12.4 Å². The van der Waals surface area contributed by atoms with Gasteiger partial charge < -0.3 is 14.7 Å². The highest BCUT2D eigenvalue weighted by atomic mass is 35.5. The molecule has 0 bridgehead atoms. The van der Waals surface area contributed by atoms with Gasteiger partial charge in [-0.15, -0.1) is 0 Å². The molecule has 29 heavy (non-hydrogen) atoms. The van der Waals surface area contributed by atoms with E-state index in [4.69, 9.17) is 27.9 Å². The number of carbonyl (C=O) groups is 1. The van der Waals surface area contributed by atoms with Gasteiger partial charge in [-0.25, -0.2) is 0 Å². The van der Waals surface area contributed by atoms with Gasteiger partial charge in [0.25, 0.3) is 0 Å². The summed E-state index contributed by atoms with van der Waals surface area (Å²) in [5.41, 5.74) is 2.91. The quantitative estimate of drug-likeness (QED) is 0.662. The van der Waals surface area contributed by atoms with E-state index in [1.54, 1.807) is 0 Å². The molecule has 0 amide bonds. The first-order chi connectivity index (χ1) is 13.8. The van der Waals surface area contributed by atoms with Gasteiger partial charge in [-0.3, -0.25) is 9.69 Å². The second-order valence-corrected chi connectivity index (χ2v) is 8.17. The fraction of sp³-hybridized carbons (Fsp3) is 0.409. The molecule has 5 nitrogen and oxygen atoms in total. The lowest BCUT2D eigenvalue weighted by Crippen LogP contribution is -2.49. The molecule has 1 aliphatic rings. The molecule has 2 aromatic carbocycles. The number of halogens is 2. The number of hydrogen-bond donors (Lipinski definition) is 1. The van der Waals surface area contributed by atoms with Crippen LogP contribution in [0.1, 0.15) is 22.8 Å². The molecule has 0 radical (unpaired) electrons. The molecule has 0 aromatic heterocycles. The number of aryl methyl sites for hydroxylation is 1. The lowest BCUT2D eigenvalue weighted by Gasteiger charge is -2.37. The molecule has 1 heterocycles. The number of nitrogens with zero attached hydrogens (tertiary/aromatic N) is 2. The summed E-state index contributed by atoms with van der Waals surface area (Å²) < 4.78 is 5.69. The second kappa shape index (κ2) is 9.81. The first-order valence-electron chi connectivity index (χ1n) is 9.69. The van der Waals surface area contributed by atoms with Gasteiger partial charge in [-0.2, -0.15) is 0 Å². The molecule has 0 unspecified atom stereocenters. The number of ketones is 1. The summed E-state index contributed by atoms with van der Waals surface area (Å²) in [6, 6.07) is 11.4. The zero-order valence-corrected chi connectivity index (χ0v) is 18.2. The number of piperazine rings is 1. The minimum atomic E-state index is -0.672. The van der Waals surface area contributed by atoms with Crippen molar-refractivity contribution >= 4 is 34.7 Å². The third-order valence-electron chi connectivity index (χ3n) is 5.13. The SMILES string of the molecule is CC(=O)c1cc(Cl)c(Cl)cc1OC[C@H](O)CN1CCN(c2ccccc2C)CC1. The van der Waals surface area contributed by atoms with Crippen LogP contribution >= 0.6 is 23.2 Å². The molecular weight excluding hydrogens is 411 g/mol. The topological polar surface area (TPSA) is 53.0 Å². The van der Waals surface area contributed by atoms with E-state index in [1.807, 2.05) is 0 Å². The Kier molecular flexibility index (Phi) is 7.41. The number of Topliss-reactive ketones (excluding diaryl/α,β-unsaturated/α-hetero) is 1. The van der Waals surface area contributed by atoms with E-state index in [2.05, 4.69) is 41.0 Å². The van der Waals surface area contributed by atoms with Gasteiger partial charge >= 0.3 is 0 Å². The van der Waals surface area contributed by atoms with Crippen LogP contribution in [0.2, 0.25) is 10.0 Å². The maximum absolute atomic E-state index is 11.8. The highest BCUT2D eigenvalue weighted by Crippen LogP contribution is 2.31. The molecule has 1 saturated heterocycles. The number of hydrogen-bond acceptors (Lipinski definition) is 5. The monoisotopic (exact) mass is 436 g/mol. The molecule has 0 saturated carbocycles. The fourth-order valence-corrected chi connectivity index (χ4v) is 3.87. The molecule has 0 spiro atoms. The standard InChI is InChI=1S/C22H26Cl2N2O3/c1-15-5-3-4-6-21(15)26-9-7-25(8-10-26)13-17(28)14-29-22-12-20(24)19(23)11-18(22)16(2)27/h3-6,11-12,17,28H,7-10,13-14H2,1-2H3/t17-/m1/s1. The van der Waals surface area contributed by atoms with Crippen molar-refractivity contribution in [2.75, 3.05) is 44.2 Å². The van der Waals surface area contributed by atoms with E-state index in [1.165, 1.54) is 30.3 Å². The van der Waals surface area contributed by atoms with Gasteiger partial charge in [0, 0.05) is 44.5 Å². The van der Waals surface area contributed by atoms with Crippen molar-refractivity contribution in [2.45, 2.75) is 20.0 Å². The fourth-order valence-electron chi connectivity index (χ4n) is 3.55. The second-order valence-electron chi connectivity index (χ2n) is 7.36. The lowest BCUT2D eigenvalue weighted by molar-refractivity contribution is 0.0656. The Morgan fingerprint density at radius 3 is 2.45 bits per heavy atom. The van der Waals surface area contributed by atoms with Crippen LogP contribution in [0.5, 0.6) is 5.75 Å². The third-order valence-corrected chi connectivity index (χ3v) is 5.85. The Labute approximate surface area is 181 Å². The van der Waals surface area contributed by atoms with Gasteiger partial charge in [0.2, 0.25) is 0 Å². The number of anilines is 1. The Balaban J connectivity index is 1.51. The van der Waals surface area contributed by atoms with Crippen molar-refractivity contribution < 1.29 is 14.6 Å². The van der Waals surface area contributed by atoms with Crippen LogP contribution in [0.25, 0.3) is 0 Å². The molecule has 1 fully saturated rings. The van der Waals surface area contributed by atoms with Crippen LogP contribution in [0.15, 0.2) is 36.4 Å². The molecule has 0 aliphatic carbocycles. The van der Waals surface area contributed by atoms with Crippen molar-refractivity contribution in [3.63, 3.8) is 0 Å². The molecule has 1 N–H and O–H groups in total. The number of rotatable bonds is 7. The Hall–Kier alpha value is -1.79. The minimum absolute atomic E-state index is 0.0796. The van der Waals surface area contributed by atoms with Crippen LogP contribution in [0.3, 0.4) is 0 Å². The molecular formula is C22H26Cl2N2O3. The van der Waals surface area contributed by atoms with Crippen LogP contribution in [-0.2, 0) is 0 Å². The summed E-state index contributed by atoms with van der Waals surface area (Å²) in [5, 5.41) is 11.0. The molecule has 3 rings (SSSR count). The van der Waals surface area contributed by atoms with E-state index < -0.39 is 6.10 Å². The Bertz CT molecular complexity index is 867. The van der Waals surface area contributed by atoms with E-state index in [0.717, 1.165) is 26.2 Å². The van der Waals surface area contributed by atoms with Crippen LogP contribution < -0.4 is 9.64 Å². The number of aliphatic hydroxyl groups is 1. The normalized spacial score (nSPS) is 16.0. The van der Waals surface area contributed by atoms with Crippen molar-refractivity contribution in [1.29, 1.82) is 0 Å². The largest absolute Gasteiger partial charge is 0.490 e. The zero-order valence-electron chi connectivity index (χ0n) is 16.7. The van der Waals surface area contributed by atoms with Crippen molar-refractivity contribution in [3.8, 4) is 5.75 Å². The molecule has 2 aromatic rings. The molecule has 7 heteroatoms. The average molecular weight is 437 g/mol. The van der Waals surface area contributed by atoms with Crippen LogP contribution in [-0.4, -0.2) is 61.2 Å². The number of ether oxygens (including phenoxy) is 1. The number of benzene rings is 2. The zero-order chi connectivity index (χ0) is 21.0. The van der Waals surface area contributed by atoms with Crippen molar-refractivity contribution in [1.82, 2.24) is 4.90 Å². The van der Waals surface area contributed by atoms with Crippen LogP contribution in [0.4, 0.5) is 5.69 Å². The van der Waals surface area contributed by atoms with Gasteiger partial charge in [0.1, 0.15) is 18.5 Å². The summed E-state index contributed by atoms with van der Waals surface area (Å²) in [7, 11) is 0. The van der Waals surface area contributed by atoms with Crippen molar-refractivity contribution in [3.05, 3.63) is 57.6 Å². The summed E-state index contributed by atoms with van der Waals surface area (Å²) in [4.78, 5) is 16.4. The predicted octanol–water partition coefficient (Wildman–Crippen LogP) is 4.07. The molecule has 1 aliphatic heterocycles. The number of carbonyl (C=O) groups excluding carboxylic acids is 1. The smallest absolute Gasteiger partial charge is 0.163 e. The number of β-amino-alcohol motifs (C(OH)–C–C–N with tert-alkyl or cyclic N) is 1. The van der Waals surface area contributed by atoms with Gasteiger partial charge in [0.05, 0.1) is 15.6 Å². The number of aliphatic hydroxyl groups excluding tert-OH is 1. The average Bonchev–Trinajstić information content (AvgIpc) is 2.69. The van der Waals surface area contributed by atoms with Gasteiger partial charge in [-0.1, -0.05) is 41.4 Å². The molecule has 156 valence electrons. The highest BCUT2D eigenvalue weighted by Gasteiger charge is 2.21. The van der Waals surface area contributed by atoms with Crippen LogP contribution in [0, 0.1) is 6.92 Å². The van der Waals surface area contributed by atoms with E-state index in [9.17, 15) is 9.90 Å². The van der Waals surface area contributed by atoms with E-state index in [0.29, 0.717) is 27.9 Å². The summed E-state index contributed by atoms with van der Waals surface area (Å²) in [5.74, 6) is 0.177. The Morgan fingerprint density at radius 2 is 1.79 bits per heavy atom. The first-order valence-corrected chi connectivity index (χ1v) is 10.4. The van der Waals surface area contributed by atoms with Gasteiger partial charge in [0.15, 0.2) is 5.78 Å². The maximum Gasteiger partial charge on any atom is 0.163 e.